The number of ether oxygens (including phenoxy) is 2. The summed E-state index contributed by atoms with van der Waals surface area (Å²) in [5, 5.41) is 12.0. The predicted molar refractivity (Wildman–Crippen MR) is 161 cm³/mol. The van der Waals surface area contributed by atoms with E-state index in [-0.39, 0.29) is 42.7 Å². The maximum Gasteiger partial charge on any atom is 0.305 e. The third-order valence-electron chi connectivity index (χ3n) is 7.03. The quantitative estimate of drug-likeness (QED) is 0.202. The average Bonchev–Trinajstić information content (AvgIpc) is 3.04. The number of nitrogens with zero attached hydrogens (tertiary/aromatic N) is 1. The van der Waals surface area contributed by atoms with Crippen LogP contribution in [0.15, 0.2) is 84.9 Å². The lowest BCUT2D eigenvalue weighted by Gasteiger charge is -2.24. The van der Waals surface area contributed by atoms with Gasteiger partial charge >= 0.3 is 5.97 Å². The molecule has 0 heterocycles. The molecule has 2 N–H and O–H groups in total. The molecule has 0 aliphatic heterocycles. The molecular formula is C34H32F2N2O6. The van der Waals surface area contributed by atoms with Gasteiger partial charge in [0.15, 0.2) is 0 Å². The molecule has 44 heavy (non-hydrogen) atoms. The Morgan fingerprint density at radius 1 is 0.795 bits per heavy atom. The minimum absolute atomic E-state index is 0.00543. The highest BCUT2D eigenvalue weighted by Gasteiger charge is 2.23. The number of methoxy groups -OCH3 is 2. The molecule has 0 radical (unpaired) electrons. The van der Waals surface area contributed by atoms with Gasteiger partial charge in [0.2, 0.25) is 0 Å². The van der Waals surface area contributed by atoms with E-state index in [9.17, 15) is 28.3 Å². The monoisotopic (exact) mass is 602 g/mol. The van der Waals surface area contributed by atoms with Crippen molar-refractivity contribution in [2.45, 2.75) is 19.4 Å². The van der Waals surface area contributed by atoms with Gasteiger partial charge < -0.3 is 24.8 Å². The molecule has 0 aromatic heterocycles. The number of halogens is 2. The molecule has 0 fully saturated rings. The first-order valence-corrected chi connectivity index (χ1v) is 13.8. The van der Waals surface area contributed by atoms with Crippen molar-refractivity contribution in [2.24, 2.45) is 0 Å². The van der Waals surface area contributed by atoms with E-state index in [0.29, 0.717) is 29.0 Å². The van der Waals surface area contributed by atoms with Gasteiger partial charge in [0, 0.05) is 42.4 Å². The Morgan fingerprint density at radius 2 is 1.41 bits per heavy atom. The van der Waals surface area contributed by atoms with Gasteiger partial charge in [-0.3, -0.25) is 14.4 Å². The summed E-state index contributed by atoms with van der Waals surface area (Å²) in [7, 11) is 3.08. The second kappa shape index (κ2) is 14.8. The summed E-state index contributed by atoms with van der Waals surface area (Å²) in [6.07, 6.45) is 0.141. The van der Waals surface area contributed by atoms with Crippen LogP contribution in [0.2, 0.25) is 0 Å². The number of carboxylic acids is 1. The molecule has 0 saturated carbocycles. The van der Waals surface area contributed by atoms with Crippen LogP contribution in [0.1, 0.15) is 38.3 Å². The maximum atomic E-state index is 14.1. The van der Waals surface area contributed by atoms with Crippen molar-refractivity contribution in [3.05, 3.63) is 119 Å². The Bertz CT molecular complexity index is 1640. The summed E-state index contributed by atoms with van der Waals surface area (Å²) in [6, 6.07) is 21.8. The standard InChI is InChI=1S/C34H32F2N2O6/c1-43-25-17-22(18-26(20-25)44-2)13-15-38(16-14-32(39)40)34(42)30-10-6-4-8-28(30)27-7-3-5-9-29(27)33(41)37-21-23-19-24(35)11-12-31(23)36/h3-12,17-20H,13-16,21H2,1-2H3,(H,37,41)(H,39,40). The highest BCUT2D eigenvalue weighted by atomic mass is 19.1. The van der Waals surface area contributed by atoms with Crippen molar-refractivity contribution in [2.75, 3.05) is 27.3 Å². The second-order valence-corrected chi connectivity index (χ2v) is 9.92. The molecule has 4 rings (SSSR count). The van der Waals surface area contributed by atoms with Crippen LogP contribution in [-0.2, 0) is 17.8 Å². The van der Waals surface area contributed by atoms with Crippen molar-refractivity contribution >= 4 is 17.8 Å². The van der Waals surface area contributed by atoms with Gasteiger partial charge in [-0.25, -0.2) is 8.78 Å². The average molecular weight is 603 g/mol. The fraction of sp³-hybridized carbons (Fsp3) is 0.206. The Hall–Kier alpha value is -5.25. The van der Waals surface area contributed by atoms with Gasteiger partial charge in [-0.15, -0.1) is 0 Å². The number of carbonyl (C=O) groups is 3. The third-order valence-corrected chi connectivity index (χ3v) is 7.03. The number of hydrogen-bond donors (Lipinski definition) is 2. The molecule has 8 nitrogen and oxygen atoms in total. The molecule has 0 aliphatic carbocycles. The van der Waals surface area contributed by atoms with Crippen molar-refractivity contribution < 1.29 is 37.7 Å². The van der Waals surface area contributed by atoms with E-state index >= 15 is 0 Å². The normalized spacial score (nSPS) is 10.6. The summed E-state index contributed by atoms with van der Waals surface area (Å²) in [5.41, 5.74) is 2.24. The molecule has 0 aliphatic rings. The van der Waals surface area contributed by atoms with Crippen molar-refractivity contribution in [1.29, 1.82) is 0 Å². The first-order chi connectivity index (χ1) is 21.2. The molecule has 4 aromatic carbocycles. The van der Waals surface area contributed by atoms with Crippen LogP contribution >= 0.6 is 0 Å². The van der Waals surface area contributed by atoms with Crippen LogP contribution in [0.5, 0.6) is 11.5 Å². The van der Waals surface area contributed by atoms with Crippen molar-refractivity contribution in [3.8, 4) is 22.6 Å². The molecular weight excluding hydrogens is 570 g/mol. The van der Waals surface area contributed by atoms with E-state index < -0.39 is 29.4 Å². The summed E-state index contributed by atoms with van der Waals surface area (Å²) in [4.78, 5) is 40.2. The minimum Gasteiger partial charge on any atom is -0.497 e. The number of nitrogens with one attached hydrogen (secondary N) is 1. The van der Waals surface area contributed by atoms with Gasteiger partial charge in [-0.1, -0.05) is 36.4 Å². The molecule has 0 atom stereocenters. The third kappa shape index (κ3) is 7.97. The maximum absolute atomic E-state index is 14.1. The summed E-state index contributed by atoms with van der Waals surface area (Å²) < 4.78 is 38.4. The first kappa shape index (κ1) is 31.7. The van der Waals surface area contributed by atoms with Crippen LogP contribution in [0.3, 0.4) is 0 Å². The highest BCUT2D eigenvalue weighted by molar-refractivity contribution is 6.06. The largest absolute Gasteiger partial charge is 0.497 e. The van der Waals surface area contributed by atoms with Gasteiger partial charge in [0.1, 0.15) is 23.1 Å². The second-order valence-electron chi connectivity index (χ2n) is 9.92. The predicted octanol–water partition coefficient (Wildman–Crippen LogP) is 5.74. The summed E-state index contributed by atoms with van der Waals surface area (Å²) in [6.45, 7) is -0.0710. The van der Waals surface area contributed by atoms with Gasteiger partial charge in [0.25, 0.3) is 11.8 Å². The number of hydrogen-bond acceptors (Lipinski definition) is 5. The van der Waals surface area contributed by atoms with E-state index in [1.807, 2.05) is 12.1 Å². The first-order valence-electron chi connectivity index (χ1n) is 13.8. The number of aliphatic carboxylic acids is 1. The number of benzene rings is 4. The zero-order valence-corrected chi connectivity index (χ0v) is 24.3. The molecule has 10 heteroatoms. The summed E-state index contributed by atoms with van der Waals surface area (Å²) in [5.74, 6) is -2.09. The Kier molecular flexibility index (Phi) is 10.6. The van der Waals surface area contributed by atoms with Crippen molar-refractivity contribution in [1.82, 2.24) is 10.2 Å². The zero-order valence-electron chi connectivity index (χ0n) is 24.3. The number of carbonyl (C=O) groups excluding carboxylic acids is 2. The van der Waals surface area contributed by atoms with E-state index in [0.717, 1.165) is 23.8 Å². The Morgan fingerprint density at radius 3 is 2.05 bits per heavy atom. The molecule has 0 spiro atoms. The Labute approximate surface area is 253 Å². The molecule has 0 saturated heterocycles. The van der Waals surface area contributed by atoms with Crippen LogP contribution in [0.25, 0.3) is 11.1 Å². The smallest absolute Gasteiger partial charge is 0.305 e. The Balaban J connectivity index is 1.62. The fourth-order valence-corrected chi connectivity index (χ4v) is 4.76. The van der Waals surface area contributed by atoms with Gasteiger partial charge in [0.05, 0.1) is 20.6 Å². The molecule has 0 unspecified atom stereocenters. The number of amides is 2. The van der Waals surface area contributed by atoms with Crippen LogP contribution < -0.4 is 14.8 Å². The van der Waals surface area contributed by atoms with Crippen molar-refractivity contribution in [3.63, 3.8) is 0 Å². The van der Waals surface area contributed by atoms with E-state index in [4.69, 9.17) is 9.47 Å². The molecule has 2 amide bonds. The van der Waals surface area contributed by atoms with Crippen LogP contribution in [0.4, 0.5) is 8.78 Å². The van der Waals surface area contributed by atoms with Crippen LogP contribution in [-0.4, -0.2) is 55.1 Å². The lowest BCUT2D eigenvalue weighted by atomic mass is 9.94. The fourth-order valence-electron chi connectivity index (χ4n) is 4.76. The van der Waals surface area contributed by atoms with E-state index in [1.165, 1.54) is 19.1 Å². The van der Waals surface area contributed by atoms with Gasteiger partial charge in [-0.05, 0) is 65.6 Å². The number of carboxylic acid groups (broad SMARTS) is 1. The van der Waals surface area contributed by atoms with Crippen LogP contribution in [0, 0.1) is 11.6 Å². The topological polar surface area (TPSA) is 105 Å². The highest BCUT2D eigenvalue weighted by Crippen LogP contribution is 2.29. The molecule has 0 bridgehead atoms. The SMILES string of the molecule is COc1cc(CCN(CCC(=O)O)C(=O)c2ccccc2-c2ccccc2C(=O)NCc2cc(F)ccc2F)cc(OC)c1. The lowest BCUT2D eigenvalue weighted by molar-refractivity contribution is -0.137. The van der Waals surface area contributed by atoms with Gasteiger partial charge in [-0.2, -0.15) is 0 Å². The molecule has 228 valence electrons. The minimum atomic E-state index is -1.05. The molecule has 4 aromatic rings. The number of rotatable bonds is 13. The van der Waals surface area contributed by atoms with E-state index in [1.54, 1.807) is 54.6 Å². The van der Waals surface area contributed by atoms with E-state index in [2.05, 4.69) is 5.32 Å². The lowest BCUT2D eigenvalue weighted by Crippen LogP contribution is -2.35. The zero-order chi connectivity index (χ0) is 31.6. The summed E-state index contributed by atoms with van der Waals surface area (Å²) >= 11 is 0.